The fourth-order valence-electron chi connectivity index (χ4n) is 3.77. The van der Waals surface area contributed by atoms with E-state index in [0.29, 0.717) is 11.2 Å². The van der Waals surface area contributed by atoms with Crippen LogP contribution < -0.4 is 11.1 Å². The molecule has 1 atom stereocenters. The second kappa shape index (κ2) is 6.73. The third kappa shape index (κ3) is 3.83. The molecule has 6 nitrogen and oxygen atoms in total. The van der Waals surface area contributed by atoms with Gasteiger partial charge in [0.2, 0.25) is 11.0 Å². The van der Waals surface area contributed by atoms with Gasteiger partial charge in [0.05, 0.1) is 11.5 Å². The van der Waals surface area contributed by atoms with Gasteiger partial charge in [0.1, 0.15) is 5.01 Å². The number of hydrogen-bond donors (Lipinski definition) is 2. The van der Waals surface area contributed by atoms with E-state index in [4.69, 9.17) is 5.73 Å². The Morgan fingerprint density at radius 3 is 2.65 bits per heavy atom. The van der Waals surface area contributed by atoms with Crippen LogP contribution in [0.25, 0.3) is 0 Å². The number of anilines is 1. The van der Waals surface area contributed by atoms with E-state index in [1.807, 2.05) is 13.8 Å². The molecule has 2 heterocycles. The second-order valence-electron chi connectivity index (χ2n) is 7.33. The summed E-state index contributed by atoms with van der Waals surface area (Å²) in [5.74, 6) is 0.209. The van der Waals surface area contributed by atoms with Crippen molar-refractivity contribution in [2.24, 2.45) is 5.92 Å². The first kappa shape index (κ1) is 16.6. The average Bonchev–Trinajstić information content (AvgIpc) is 3.18. The molecular formula is C16H27N5OS. The number of rotatable bonds is 4. The van der Waals surface area contributed by atoms with Crippen LogP contribution in [0.3, 0.4) is 0 Å². The molecule has 1 amide bonds. The normalized spacial score (nSPS) is 24.0. The second-order valence-corrected chi connectivity index (χ2v) is 8.34. The highest BCUT2D eigenvalue weighted by Gasteiger charge is 2.34. The molecule has 1 aliphatic heterocycles. The Balaban J connectivity index is 1.60. The van der Waals surface area contributed by atoms with Crippen LogP contribution in [0.15, 0.2) is 0 Å². The summed E-state index contributed by atoms with van der Waals surface area (Å²) in [6, 6.07) is 0.696. The molecule has 7 heteroatoms. The summed E-state index contributed by atoms with van der Waals surface area (Å²) < 4.78 is 0. The number of likely N-dealkylation sites (tertiary alicyclic amines) is 1. The summed E-state index contributed by atoms with van der Waals surface area (Å²) in [7, 11) is 0. The molecule has 3 rings (SSSR count). The Morgan fingerprint density at radius 2 is 2.00 bits per heavy atom. The van der Waals surface area contributed by atoms with Gasteiger partial charge in [-0.05, 0) is 46.1 Å². The summed E-state index contributed by atoms with van der Waals surface area (Å²) in [6.45, 7) is 5.96. The van der Waals surface area contributed by atoms with Gasteiger partial charge in [-0.1, -0.05) is 24.2 Å². The highest BCUT2D eigenvalue weighted by atomic mass is 32.1. The van der Waals surface area contributed by atoms with E-state index in [2.05, 4.69) is 20.4 Å². The largest absolute Gasteiger partial charge is 0.374 e. The maximum atomic E-state index is 12.7. The molecule has 0 radical (unpaired) electrons. The van der Waals surface area contributed by atoms with E-state index in [9.17, 15) is 4.79 Å². The van der Waals surface area contributed by atoms with Crippen molar-refractivity contribution in [2.75, 3.05) is 18.8 Å². The Hall–Kier alpha value is -1.21. The number of piperidine rings is 1. The van der Waals surface area contributed by atoms with E-state index in [0.717, 1.165) is 30.9 Å². The first-order valence-electron chi connectivity index (χ1n) is 8.61. The lowest BCUT2D eigenvalue weighted by atomic mass is 9.94. The smallest absolute Gasteiger partial charge is 0.225 e. The molecule has 1 saturated carbocycles. The van der Waals surface area contributed by atoms with Crippen molar-refractivity contribution in [1.82, 2.24) is 20.4 Å². The van der Waals surface area contributed by atoms with Gasteiger partial charge < -0.3 is 11.1 Å². The summed E-state index contributed by atoms with van der Waals surface area (Å²) in [5.41, 5.74) is 5.14. The SMILES string of the molecule is CC(C)(NC(=O)[C@H]1CCCN(C2CCCC2)C1)c1nnc(N)s1. The van der Waals surface area contributed by atoms with Gasteiger partial charge >= 0.3 is 0 Å². The van der Waals surface area contributed by atoms with Crippen molar-refractivity contribution in [3.63, 3.8) is 0 Å². The summed E-state index contributed by atoms with van der Waals surface area (Å²) in [4.78, 5) is 15.3. The molecule has 128 valence electrons. The molecule has 1 saturated heterocycles. The van der Waals surface area contributed by atoms with Gasteiger partial charge in [-0.15, -0.1) is 10.2 Å². The maximum absolute atomic E-state index is 12.7. The highest BCUT2D eigenvalue weighted by Crippen LogP contribution is 2.29. The van der Waals surface area contributed by atoms with Crippen LogP contribution in [-0.4, -0.2) is 40.1 Å². The molecular weight excluding hydrogens is 310 g/mol. The lowest BCUT2D eigenvalue weighted by molar-refractivity contribution is -0.128. The molecule has 23 heavy (non-hydrogen) atoms. The molecule has 2 fully saturated rings. The van der Waals surface area contributed by atoms with E-state index >= 15 is 0 Å². The molecule has 0 spiro atoms. The van der Waals surface area contributed by atoms with Crippen molar-refractivity contribution < 1.29 is 4.79 Å². The Kier molecular flexibility index (Phi) is 4.87. The summed E-state index contributed by atoms with van der Waals surface area (Å²) >= 11 is 1.33. The van der Waals surface area contributed by atoms with Crippen molar-refractivity contribution in [1.29, 1.82) is 0 Å². The van der Waals surface area contributed by atoms with Gasteiger partial charge in [0, 0.05) is 12.6 Å². The Bertz CT molecular complexity index is 552. The van der Waals surface area contributed by atoms with Crippen LogP contribution in [0.5, 0.6) is 0 Å². The highest BCUT2D eigenvalue weighted by molar-refractivity contribution is 7.15. The molecule has 0 bridgehead atoms. The molecule has 1 aromatic heterocycles. The Labute approximate surface area is 141 Å². The lowest BCUT2D eigenvalue weighted by Crippen LogP contribution is -2.50. The van der Waals surface area contributed by atoms with Crippen LogP contribution in [0.1, 0.15) is 57.4 Å². The maximum Gasteiger partial charge on any atom is 0.225 e. The van der Waals surface area contributed by atoms with E-state index < -0.39 is 5.54 Å². The van der Waals surface area contributed by atoms with Crippen LogP contribution in [0, 0.1) is 5.92 Å². The average molecular weight is 337 g/mol. The molecule has 3 N–H and O–H groups in total. The molecule has 0 unspecified atom stereocenters. The van der Waals surface area contributed by atoms with Crippen molar-refractivity contribution in [3.05, 3.63) is 5.01 Å². The zero-order valence-corrected chi connectivity index (χ0v) is 14.9. The standard InChI is InChI=1S/C16H27N5OS/c1-16(2,14-19-20-15(17)23-14)18-13(22)11-6-5-9-21(10-11)12-7-3-4-8-12/h11-12H,3-10H2,1-2H3,(H2,17,20)(H,18,22)/t11-/m0/s1. The minimum atomic E-state index is -0.526. The molecule has 0 aromatic carbocycles. The number of carbonyl (C=O) groups is 1. The van der Waals surface area contributed by atoms with Crippen molar-refractivity contribution in [2.45, 2.75) is 64.0 Å². The van der Waals surface area contributed by atoms with E-state index in [1.54, 1.807) is 0 Å². The number of carbonyl (C=O) groups excluding carboxylic acids is 1. The predicted octanol–water partition coefficient (Wildman–Crippen LogP) is 2.13. The fourth-order valence-corrected chi connectivity index (χ4v) is 4.44. The molecule has 1 aliphatic carbocycles. The van der Waals surface area contributed by atoms with Gasteiger partial charge in [0.15, 0.2) is 0 Å². The summed E-state index contributed by atoms with van der Waals surface area (Å²) in [6.07, 6.45) is 7.35. The van der Waals surface area contributed by atoms with E-state index in [1.165, 1.54) is 37.0 Å². The fraction of sp³-hybridized carbons (Fsp3) is 0.812. The van der Waals surface area contributed by atoms with Gasteiger partial charge in [-0.2, -0.15) is 0 Å². The van der Waals surface area contributed by atoms with Crippen LogP contribution >= 0.6 is 11.3 Å². The van der Waals surface area contributed by atoms with Crippen molar-refractivity contribution >= 4 is 22.4 Å². The topological polar surface area (TPSA) is 84.1 Å². The lowest BCUT2D eigenvalue weighted by Gasteiger charge is -2.37. The van der Waals surface area contributed by atoms with Crippen LogP contribution in [-0.2, 0) is 10.3 Å². The van der Waals surface area contributed by atoms with Crippen LogP contribution in [0.2, 0.25) is 0 Å². The van der Waals surface area contributed by atoms with Crippen molar-refractivity contribution in [3.8, 4) is 0 Å². The number of nitrogens with two attached hydrogens (primary N) is 1. The minimum absolute atomic E-state index is 0.0777. The third-order valence-corrected chi connectivity index (χ3v) is 6.15. The number of nitrogen functional groups attached to an aromatic ring is 1. The zero-order valence-electron chi connectivity index (χ0n) is 14.0. The summed E-state index contributed by atoms with van der Waals surface area (Å²) in [5, 5.41) is 12.3. The van der Waals surface area contributed by atoms with E-state index in [-0.39, 0.29) is 11.8 Å². The van der Waals surface area contributed by atoms with Gasteiger partial charge in [0.25, 0.3) is 0 Å². The third-order valence-electron chi connectivity index (χ3n) is 5.08. The number of nitrogens with one attached hydrogen (secondary N) is 1. The minimum Gasteiger partial charge on any atom is -0.374 e. The van der Waals surface area contributed by atoms with Crippen LogP contribution in [0.4, 0.5) is 5.13 Å². The number of hydrogen-bond acceptors (Lipinski definition) is 6. The Morgan fingerprint density at radius 1 is 1.26 bits per heavy atom. The first-order valence-corrected chi connectivity index (χ1v) is 9.43. The van der Waals surface area contributed by atoms with Gasteiger partial charge in [-0.3, -0.25) is 9.69 Å². The number of amides is 1. The first-order chi connectivity index (χ1) is 11.0. The predicted molar refractivity (Wildman–Crippen MR) is 92.0 cm³/mol. The molecule has 2 aliphatic rings. The number of nitrogens with zero attached hydrogens (tertiary/aromatic N) is 3. The molecule has 1 aromatic rings. The van der Waals surface area contributed by atoms with Gasteiger partial charge in [-0.25, -0.2) is 0 Å². The number of aromatic nitrogens is 2. The zero-order chi connectivity index (χ0) is 16.4. The quantitative estimate of drug-likeness (QED) is 0.879. The monoisotopic (exact) mass is 337 g/mol.